The van der Waals surface area contributed by atoms with Crippen LogP contribution < -0.4 is 5.32 Å². The summed E-state index contributed by atoms with van der Waals surface area (Å²) < 4.78 is 27.0. The van der Waals surface area contributed by atoms with Gasteiger partial charge in [0.25, 0.3) is 0 Å². The van der Waals surface area contributed by atoms with E-state index in [-0.39, 0.29) is 11.8 Å². The van der Waals surface area contributed by atoms with Gasteiger partial charge in [-0.15, -0.1) is 0 Å². The van der Waals surface area contributed by atoms with Crippen molar-refractivity contribution < 1.29 is 13.2 Å². The van der Waals surface area contributed by atoms with Crippen molar-refractivity contribution in [1.29, 1.82) is 0 Å². The molecule has 1 heterocycles. The summed E-state index contributed by atoms with van der Waals surface area (Å²) in [5, 5.41) is 3.02. The molecule has 1 saturated heterocycles. The number of hydrogen-bond donors (Lipinski definition) is 1. The zero-order chi connectivity index (χ0) is 17.3. The van der Waals surface area contributed by atoms with E-state index in [0.717, 1.165) is 18.4 Å². The highest BCUT2D eigenvalue weighted by Gasteiger charge is 2.34. The van der Waals surface area contributed by atoms with Crippen LogP contribution in [0, 0.1) is 5.92 Å². The number of nitrogens with zero attached hydrogens (tertiary/aromatic N) is 1. The number of sulfonamides is 1. The summed E-state index contributed by atoms with van der Waals surface area (Å²) in [6, 6.07) is 7.51. The number of carbonyl (C=O) groups is 1. The van der Waals surface area contributed by atoms with Gasteiger partial charge in [0.2, 0.25) is 15.9 Å². The number of hydrogen-bond acceptors (Lipinski definition) is 3. The van der Waals surface area contributed by atoms with Gasteiger partial charge in [0.05, 0.1) is 4.90 Å². The summed E-state index contributed by atoms with van der Waals surface area (Å²) in [6.07, 6.45) is 3.35. The third kappa shape index (κ3) is 3.81. The predicted octanol–water partition coefficient (Wildman–Crippen LogP) is 2.49. The first-order valence-electron chi connectivity index (χ1n) is 8.78. The molecule has 0 atom stereocenters. The van der Waals surface area contributed by atoms with Crippen LogP contribution in [0.1, 0.15) is 51.0 Å². The molecule has 2 fully saturated rings. The highest BCUT2D eigenvalue weighted by atomic mass is 32.2. The van der Waals surface area contributed by atoms with Crippen molar-refractivity contribution in [2.45, 2.75) is 56.4 Å². The molecule has 3 rings (SSSR count). The Morgan fingerprint density at radius 3 is 2.17 bits per heavy atom. The van der Waals surface area contributed by atoms with Crippen LogP contribution in [0.3, 0.4) is 0 Å². The van der Waals surface area contributed by atoms with Gasteiger partial charge in [-0.1, -0.05) is 26.0 Å². The minimum Gasteiger partial charge on any atom is -0.353 e. The van der Waals surface area contributed by atoms with Crippen LogP contribution in [-0.4, -0.2) is 37.8 Å². The molecule has 132 valence electrons. The molecular formula is C18H26N2O3S. The second kappa shape index (κ2) is 6.84. The Labute approximate surface area is 144 Å². The average Bonchev–Trinajstić information content (AvgIpc) is 3.39. The van der Waals surface area contributed by atoms with E-state index in [2.05, 4.69) is 19.2 Å². The van der Waals surface area contributed by atoms with Crippen molar-refractivity contribution in [3.8, 4) is 0 Å². The first kappa shape index (κ1) is 17.4. The SMILES string of the molecule is CC(C)c1ccc(S(=O)(=O)N2CCC(C(=O)NC3CC3)CC2)cc1. The smallest absolute Gasteiger partial charge is 0.243 e. The second-order valence-electron chi connectivity index (χ2n) is 7.18. The first-order valence-corrected chi connectivity index (χ1v) is 10.2. The second-order valence-corrected chi connectivity index (χ2v) is 9.12. The van der Waals surface area contributed by atoms with E-state index in [4.69, 9.17) is 0 Å². The Morgan fingerprint density at radius 1 is 1.08 bits per heavy atom. The number of piperidine rings is 1. The molecule has 1 aromatic carbocycles. The van der Waals surface area contributed by atoms with Crippen LogP contribution in [-0.2, 0) is 14.8 Å². The summed E-state index contributed by atoms with van der Waals surface area (Å²) in [6.45, 7) is 5.00. The maximum absolute atomic E-state index is 12.8. The van der Waals surface area contributed by atoms with E-state index in [9.17, 15) is 13.2 Å². The van der Waals surface area contributed by atoms with E-state index in [1.165, 1.54) is 4.31 Å². The molecule has 2 aliphatic rings. The molecule has 0 radical (unpaired) electrons. The predicted molar refractivity (Wildman–Crippen MR) is 93.2 cm³/mol. The van der Waals surface area contributed by atoms with Gasteiger partial charge in [0, 0.05) is 25.0 Å². The lowest BCUT2D eigenvalue weighted by Crippen LogP contribution is -2.43. The Kier molecular flexibility index (Phi) is 4.97. The molecule has 24 heavy (non-hydrogen) atoms. The Hall–Kier alpha value is -1.40. The molecule has 0 bridgehead atoms. The molecular weight excluding hydrogens is 324 g/mol. The highest BCUT2D eigenvalue weighted by molar-refractivity contribution is 7.89. The fourth-order valence-electron chi connectivity index (χ4n) is 3.08. The van der Waals surface area contributed by atoms with Crippen LogP contribution >= 0.6 is 0 Å². The van der Waals surface area contributed by atoms with Gasteiger partial charge in [-0.3, -0.25) is 4.79 Å². The largest absolute Gasteiger partial charge is 0.353 e. The lowest BCUT2D eigenvalue weighted by atomic mass is 9.97. The Balaban J connectivity index is 1.62. The fourth-order valence-corrected chi connectivity index (χ4v) is 4.55. The molecule has 1 aliphatic carbocycles. The summed E-state index contributed by atoms with van der Waals surface area (Å²) in [4.78, 5) is 12.4. The molecule has 0 spiro atoms. The van der Waals surface area contributed by atoms with Crippen molar-refractivity contribution in [3.63, 3.8) is 0 Å². The van der Waals surface area contributed by atoms with Gasteiger partial charge in [-0.2, -0.15) is 4.31 Å². The number of amides is 1. The van der Waals surface area contributed by atoms with Gasteiger partial charge >= 0.3 is 0 Å². The number of rotatable bonds is 5. The van der Waals surface area contributed by atoms with Gasteiger partial charge in [-0.25, -0.2) is 8.42 Å². The average molecular weight is 350 g/mol. The summed E-state index contributed by atoms with van der Waals surface area (Å²) in [7, 11) is -3.46. The quantitative estimate of drug-likeness (QED) is 0.887. The van der Waals surface area contributed by atoms with Crippen LogP contribution in [0.5, 0.6) is 0 Å². The fraction of sp³-hybridized carbons (Fsp3) is 0.611. The summed E-state index contributed by atoms with van der Waals surface area (Å²) in [5.74, 6) is 0.415. The lowest BCUT2D eigenvalue weighted by molar-refractivity contribution is -0.126. The van der Waals surface area contributed by atoms with Crippen molar-refractivity contribution >= 4 is 15.9 Å². The summed E-state index contributed by atoms with van der Waals surface area (Å²) >= 11 is 0. The zero-order valence-electron chi connectivity index (χ0n) is 14.4. The van der Waals surface area contributed by atoms with Crippen LogP contribution in [0.25, 0.3) is 0 Å². The van der Waals surface area contributed by atoms with E-state index in [0.29, 0.717) is 42.8 Å². The van der Waals surface area contributed by atoms with Crippen LogP contribution in [0.4, 0.5) is 0 Å². The molecule has 0 aromatic heterocycles. The molecule has 1 aromatic rings. The van der Waals surface area contributed by atoms with Gasteiger partial charge < -0.3 is 5.32 Å². The molecule has 5 nitrogen and oxygen atoms in total. The van der Waals surface area contributed by atoms with E-state index in [1.54, 1.807) is 12.1 Å². The topological polar surface area (TPSA) is 66.5 Å². The third-order valence-corrected chi connectivity index (χ3v) is 6.85. The number of carbonyl (C=O) groups excluding carboxylic acids is 1. The standard InChI is InChI=1S/C18H26N2O3S/c1-13(2)14-3-7-17(8-4-14)24(22,23)20-11-9-15(10-12-20)18(21)19-16-5-6-16/h3-4,7-8,13,15-16H,5-6,9-12H2,1-2H3,(H,19,21). The van der Waals surface area contributed by atoms with Crippen LogP contribution in [0.2, 0.25) is 0 Å². The number of nitrogens with one attached hydrogen (secondary N) is 1. The Morgan fingerprint density at radius 2 is 1.67 bits per heavy atom. The van der Waals surface area contributed by atoms with Crippen molar-refractivity contribution in [3.05, 3.63) is 29.8 Å². The maximum Gasteiger partial charge on any atom is 0.243 e. The van der Waals surface area contributed by atoms with Crippen molar-refractivity contribution in [2.24, 2.45) is 5.92 Å². The van der Waals surface area contributed by atoms with Gasteiger partial charge in [-0.05, 0) is 49.3 Å². The molecule has 6 heteroatoms. The maximum atomic E-state index is 12.8. The van der Waals surface area contributed by atoms with E-state index in [1.807, 2.05) is 12.1 Å². The minimum absolute atomic E-state index is 0.0552. The van der Waals surface area contributed by atoms with E-state index >= 15 is 0 Å². The zero-order valence-corrected chi connectivity index (χ0v) is 15.2. The van der Waals surface area contributed by atoms with Crippen molar-refractivity contribution in [2.75, 3.05) is 13.1 Å². The molecule has 1 saturated carbocycles. The first-order chi connectivity index (χ1) is 11.4. The van der Waals surface area contributed by atoms with E-state index < -0.39 is 10.0 Å². The Bertz CT molecular complexity index is 685. The normalized spacial score (nSPS) is 20.3. The molecule has 1 aliphatic heterocycles. The molecule has 1 N–H and O–H groups in total. The minimum atomic E-state index is -3.46. The molecule has 1 amide bonds. The summed E-state index contributed by atoms with van der Waals surface area (Å²) in [5.41, 5.74) is 1.13. The monoisotopic (exact) mass is 350 g/mol. The molecule has 0 unspecified atom stereocenters. The van der Waals surface area contributed by atoms with Crippen molar-refractivity contribution in [1.82, 2.24) is 9.62 Å². The van der Waals surface area contributed by atoms with Gasteiger partial charge in [0.1, 0.15) is 0 Å². The number of benzene rings is 1. The third-order valence-electron chi connectivity index (χ3n) is 4.93. The van der Waals surface area contributed by atoms with Gasteiger partial charge in [0.15, 0.2) is 0 Å². The highest BCUT2D eigenvalue weighted by Crippen LogP contribution is 2.26. The van der Waals surface area contributed by atoms with Crippen LogP contribution in [0.15, 0.2) is 29.2 Å². The lowest BCUT2D eigenvalue weighted by Gasteiger charge is -2.30.